The molecule has 240 valence electrons. The van der Waals surface area contributed by atoms with Gasteiger partial charge in [-0.3, -0.25) is 9.48 Å². The molecule has 2 aromatic heterocycles. The Hall–Kier alpha value is -3.54. The number of hydrogen-bond acceptors (Lipinski definition) is 8. The predicted octanol–water partition coefficient (Wildman–Crippen LogP) is 6.52. The Balaban J connectivity index is 1.43. The van der Waals surface area contributed by atoms with Gasteiger partial charge in [0, 0.05) is 35.0 Å². The topological polar surface area (TPSA) is 104 Å². The lowest BCUT2D eigenvalue weighted by Crippen LogP contribution is -2.36. The van der Waals surface area contributed by atoms with E-state index in [0.29, 0.717) is 25.0 Å². The van der Waals surface area contributed by atoms with E-state index in [1.54, 1.807) is 40.3 Å². The molecule has 9 nitrogen and oxygen atoms in total. The van der Waals surface area contributed by atoms with E-state index in [0.717, 1.165) is 33.1 Å². The molecule has 2 atom stereocenters. The molecule has 0 saturated carbocycles. The Morgan fingerprint density at radius 2 is 1.87 bits per heavy atom. The molecule has 0 bridgehead atoms. The molecule has 0 unspecified atom stereocenters. The summed E-state index contributed by atoms with van der Waals surface area (Å²) in [6.07, 6.45) is 3.65. The number of fused-ring (bicyclic) bond motifs is 1. The number of sulfonamides is 1. The third kappa shape index (κ3) is 7.31. The lowest BCUT2D eigenvalue weighted by molar-refractivity contribution is -0.156. The fraction of sp³-hybridized carbons (Fsp3) is 0.441. The van der Waals surface area contributed by atoms with Gasteiger partial charge in [0.15, 0.2) is 0 Å². The first-order valence-corrected chi connectivity index (χ1v) is 17.7. The number of carbonyl (C=O) groups excluding carboxylic acids is 1. The van der Waals surface area contributed by atoms with Crippen molar-refractivity contribution in [2.75, 3.05) is 6.54 Å². The standard InChI is InChI=1S/C34H42N4O5S2/c1-6-28-22-38(45(40,41)32-16-12-11-15-30(32)43-28)20-26-19-31(44-24(26)3)29(18-17-27-21-37(7-2)36-35-27)34(4,5)33(39)42-23-25-13-9-8-10-14-25/h8-16,19,21,28-29H,6-7,17-18,20,22-23H2,1-5H3/t28-,29+/m1/s1. The summed E-state index contributed by atoms with van der Waals surface area (Å²) in [5.41, 5.74) is 1.85. The minimum atomic E-state index is -3.79. The Bertz CT molecular complexity index is 1710. The van der Waals surface area contributed by atoms with Gasteiger partial charge in [0.2, 0.25) is 10.0 Å². The molecule has 1 aliphatic heterocycles. The van der Waals surface area contributed by atoms with Gasteiger partial charge in [-0.25, -0.2) is 8.42 Å². The average molecular weight is 651 g/mol. The second-order valence-electron chi connectivity index (χ2n) is 12.1. The normalized spacial score (nSPS) is 17.2. The summed E-state index contributed by atoms with van der Waals surface area (Å²) < 4.78 is 43.0. The molecule has 45 heavy (non-hydrogen) atoms. The first kappa shape index (κ1) is 32.8. The summed E-state index contributed by atoms with van der Waals surface area (Å²) in [6, 6.07) is 18.6. The lowest BCUT2D eigenvalue weighted by Gasteiger charge is -2.31. The van der Waals surface area contributed by atoms with Crippen LogP contribution in [-0.4, -0.2) is 46.3 Å². The van der Waals surface area contributed by atoms with E-state index in [-0.39, 0.29) is 42.6 Å². The highest BCUT2D eigenvalue weighted by Gasteiger charge is 2.41. The fourth-order valence-corrected chi connectivity index (χ4v) is 8.61. The van der Waals surface area contributed by atoms with Crippen molar-refractivity contribution in [3.63, 3.8) is 0 Å². The number of rotatable bonds is 12. The zero-order valence-corrected chi connectivity index (χ0v) is 28.2. The first-order valence-electron chi connectivity index (χ1n) is 15.5. The second kappa shape index (κ2) is 13.8. The van der Waals surface area contributed by atoms with Crippen molar-refractivity contribution >= 4 is 27.3 Å². The summed E-state index contributed by atoms with van der Waals surface area (Å²) in [4.78, 5) is 15.9. The van der Waals surface area contributed by atoms with E-state index in [2.05, 4.69) is 16.4 Å². The molecule has 0 N–H and O–H groups in total. The predicted molar refractivity (Wildman–Crippen MR) is 175 cm³/mol. The smallest absolute Gasteiger partial charge is 0.312 e. The highest BCUT2D eigenvalue weighted by Crippen LogP contribution is 2.44. The highest BCUT2D eigenvalue weighted by atomic mass is 32.2. The van der Waals surface area contributed by atoms with Gasteiger partial charge in [0.1, 0.15) is 23.4 Å². The van der Waals surface area contributed by atoms with Gasteiger partial charge in [0.25, 0.3) is 0 Å². The number of nitrogens with zero attached hydrogens (tertiary/aromatic N) is 4. The molecule has 3 heterocycles. The summed E-state index contributed by atoms with van der Waals surface area (Å²) in [5, 5.41) is 8.51. The number of para-hydroxylation sites is 1. The van der Waals surface area contributed by atoms with Crippen LogP contribution in [0.15, 0.2) is 71.8 Å². The van der Waals surface area contributed by atoms with Crippen molar-refractivity contribution < 1.29 is 22.7 Å². The van der Waals surface area contributed by atoms with E-state index in [1.807, 2.05) is 71.1 Å². The van der Waals surface area contributed by atoms with Crippen LogP contribution in [0.2, 0.25) is 0 Å². The minimum Gasteiger partial charge on any atom is -0.488 e. The van der Waals surface area contributed by atoms with Gasteiger partial charge in [-0.2, -0.15) is 4.31 Å². The monoisotopic (exact) mass is 650 g/mol. The van der Waals surface area contributed by atoms with Crippen LogP contribution in [0.5, 0.6) is 5.75 Å². The van der Waals surface area contributed by atoms with E-state index in [1.165, 1.54) is 4.31 Å². The Labute approximate surface area is 270 Å². The number of hydrogen-bond donors (Lipinski definition) is 0. The van der Waals surface area contributed by atoms with Crippen molar-refractivity contribution in [3.05, 3.63) is 93.4 Å². The highest BCUT2D eigenvalue weighted by molar-refractivity contribution is 7.89. The summed E-state index contributed by atoms with van der Waals surface area (Å²) in [6.45, 7) is 11.3. The maximum Gasteiger partial charge on any atom is 0.312 e. The van der Waals surface area contributed by atoms with E-state index >= 15 is 0 Å². The maximum atomic E-state index is 13.8. The summed E-state index contributed by atoms with van der Waals surface area (Å²) >= 11 is 1.61. The van der Waals surface area contributed by atoms with Crippen molar-refractivity contribution in [3.8, 4) is 5.75 Å². The van der Waals surface area contributed by atoms with Crippen LogP contribution >= 0.6 is 11.3 Å². The minimum absolute atomic E-state index is 0.189. The van der Waals surface area contributed by atoms with Gasteiger partial charge in [-0.1, -0.05) is 54.6 Å². The van der Waals surface area contributed by atoms with Crippen LogP contribution in [-0.2, 0) is 45.7 Å². The molecule has 0 aliphatic carbocycles. The van der Waals surface area contributed by atoms with Crippen molar-refractivity contribution in [1.82, 2.24) is 19.3 Å². The zero-order chi connectivity index (χ0) is 32.2. The zero-order valence-electron chi connectivity index (χ0n) is 26.6. The fourth-order valence-electron chi connectivity index (χ4n) is 5.68. The van der Waals surface area contributed by atoms with Crippen LogP contribution in [0.25, 0.3) is 0 Å². The number of esters is 1. The van der Waals surface area contributed by atoms with E-state index in [4.69, 9.17) is 9.47 Å². The third-order valence-electron chi connectivity index (χ3n) is 8.56. The lowest BCUT2D eigenvalue weighted by atomic mass is 9.75. The number of aryl methyl sites for hydroxylation is 3. The van der Waals surface area contributed by atoms with Crippen molar-refractivity contribution in [2.45, 2.75) is 90.5 Å². The molecule has 0 saturated heterocycles. The largest absolute Gasteiger partial charge is 0.488 e. The van der Waals surface area contributed by atoms with Gasteiger partial charge in [0.05, 0.1) is 17.7 Å². The molecule has 0 radical (unpaired) electrons. The molecular weight excluding hydrogens is 609 g/mol. The number of carbonyl (C=O) groups is 1. The number of ether oxygens (including phenoxy) is 2. The van der Waals surface area contributed by atoms with Crippen LogP contribution < -0.4 is 4.74 Å². The molecular formula is C34H42N4O5S2. The Kier molecular flexibility index (Phi) is 10.1. The van der Waals surface area contributed by atoms with Crippen LogP contribution in [0.3, 0.4) is 0 Å². The van der Waals surface area contributed by atoms with E-state index < -0.39 is 15.4 Å². The number of aromatic nitrogens is 3. The first-order chi connectivity index (χ1) is 21.5. The Morgan fingerprint density at radius 1 is 1.13 bits per heavy atom. The number of benzene rings is 2. The molecule has 0 amide bonds. The SMILES string of the molecule is CC[C@@H]1CN(Cc2cc([C@H](CCc3cn(CC)nn3)C(C)(C)C(=O)OCc3ccccc3)sc2C)S(=O)(=O)c2ccccc2O1. The molecule has 11 heteroatoms. The van der Waals surface area contributed by atoms with Crippen LogP contribution in [0.4, 0.5) is 0 Å². The Morgan fingerprint density at radius 3 is 2.58 bits per heavy atom. The number of thiophene rings is 1. The summed E-state index contributed by atoms with van der Waals surface area (Å²) in [7, 11) is -3.79. The maximum absolute atomic E-state index is 13.8. The molecule has 0 spiro atoms. The molecule has 1 aliphatic rings. The van der Waals surface area contributed by atoms with Gasteiger partial charge in [-0.15, -0.1) is 16.4 Å². The van der Waals surface area contributed by atoms with Gasteiger partial charge in [-0.05, 0) is 76.3 Å². The van der Waals surface area contributed by atoms with Gasteiger partial charge < -0.3 is 9.47 Å². The van der Waals surface area contributed by atoms with E-state index in [9.17, 15) is 13.2 Å². The molecule has 5 rings (SSSR count). The second-order valence-corrected chi connectivity index (χ2v) is 15.3. The van der Waals surface area contributed by atoms with Crippen LogP contribution in [0, 0.1) is 12.3 Å². The quantitative estimate of drug-likeness (QED) is 0.161. The van der Waals surface area contributed by atoms with Crippen LogP contribution in [0.1, 0.15) is 73.0 Å². The van der Waals surface area contributed by atoms with Gasteiger partial charge >= 0.3 is 5.97 Å². The third-order valence-corrected chi connectivity index (χ3v) is 11.6. The average Bonchev–Trinajstić information content (AvgIpc) is 3.62. The molecule has 2 aromatic carbocycles. The molecule has 0 fully saturated rings. The van der Waals surface area contributed by atoms with Crippen molar-refractivity contribution in [2.24, 2.45) is 5.41 Å². The van der Waals surface area contributed by atoms with Crippen molar-refractivity contribution in [1.29, 1.82) is 0 Å². The molecule has 4 aromatic rings. The summed E-state index contributed by atoms with van der Waals surface area (Å²) in [5.74, 6) is -0.0839.